The van der Waals surface area contributed by atoms with Gasteiger partial charge in [0.15, 0.2) is 5.13 Å². The topological polar surface area (TPSA) is 101 Å². The van der Waals surface area contributed by atoms with Gasteiger partial charge in [0.1, 0.15) is 6.04 Å². The van der Waals surface area contributed by atoms with Gasteiger partial charge in [0, 0.05) is 30.7 Å². The van der Waals surface area contributed by atoms with Crippen LogP contribution in [0.25, 0.3) is 21.3 Å². The first kappa shape index (κ1) is 22.6. The number of aryl methyl sites for hydroxylation is 1. The van der Waals surface area contributed by atoms with Crippen molar-refractivity contribution in [2.75, 3.05) is 31.6 Å². The van der Waals surface area contributed by atoms with Crippen molar-refractivity contribution in [2.45, 2.75) is 13.0 Å². The van der Waals surface area contributed by atoms with E-state index in [1.165, 1.54) is 11.3 Å². The number of morpholine rings is 1. The SMILES string of the molecule is CC(NC(=O)c1ccc2c(c1)nc(Nc1nc3ccc(Cl)cc3s1)n2C)C(=O)N1CCOCC1. The second-order valence-electron chi connectivity index (χ2n) is 8.09. The number of halogens is 1. The van der Waals surface area contributed by atoms with Crippen LogP contribution in [0.15, 0.2) is 36.4 Å². The lowest BCUT2D eigenvalue weighted by Crippen LogP contribution is -2.50. The van der Waals surface area contributed by atoms with Crippen LogP contribution in [-0.2, 0) is 16.6 Å². The summed E-state index contributed by atoms with van der Waals surface area (Å²) in [4.78, 5) is 36.4. The number of benzene rings is 2. The number of thiazole rings is 1. The smallest absolute Gasteiger partial charge is 0.251 e. The molecule has 0 spiro atoms. The van der Waals surface area contributed by atoms with Gasteiger partial charge in [0.05, 0.1) is 34.5 Å². The van der Waals surface area contributed by atoms with Gasteiger partial charge in [-0.15, -0.1) is 0 Å². The van der Waals surface area contributed by atoms with Crippen LogP contribution >= 0.6 is 22.9 Å². The van der Waals surface area contributed by atoms with E-state index in [9.17, 15) is 9.59 Å². The monoisotopic (exact) mass is 498 g/mol. The molecule has 176 valence electrons. The summed E-state index contributed by atoms with van der Waals surface area (Å²) >= 11 is 7.56. The van der Waals surface area contributed by atoms with Crippen molar-refractivity contribution in [2.24, 2.45) is 7.05 Å². The zero-order valence-electron chi connectivity index (χ0n) is 18.7. The van der Waals surface area contributed by atoms with Crippen LogP contribution in [0.1, 0.15) is 17.3 Å². The Hall–Kier alpha value is -3.21. The number of aromatic nitrogens is 3. The number of imidazole rings is 1. The van der Waals surface area contributed by atoms with Crippen molar-refractivity contribution in [3.63, 3.8) is 0 Å². The Morgan fingerprint density at radius 2 is 1.91 bits per heavy atom. The Morgan fingerprint density at radius 1 is 1.12 bits per heavy atom. The van der Waals surface area contributed by atoms with E-state index in [0.717, 1.165) is 15.7 Å². The first-order chi connectivity index (χ1) is 16.4. The number of carbonyl (C=O) groups is 2. The minimum Gasteiger partial charge on any atom is -0.378 e. The van der Waals surface area contributed by atoms with Gasteiger partial charge in [-0.05, 0) is 43.3 Å². The van der Waals surface area contributed by atoms with Gasteiger partial charge < -0.3 is 24.8 Å². The zero-order valence-corrected chi connectivity index (χ0v) is 20.2. The van der Waals surface area contributed by atoms with E-state index in [1.54, 1.807) is 24.0 Å². The molecular weight excluding hydrogens is 476 g/mol. The largest absolute Gasteiger partial charge is 0.378 e. The fraction of sp³-hybridized carbons (Fsp3) is 0.304. The standard InChI is InChI=1S/C23H23ClN6O3S/c1-13(21(32)30-7-9-33-10-8-30)25-20(31)14-3-6-18-17(11-14)26-22(29(18)2)28-23-27-16-5-4-15(24)12-19(16)34-23/h3-6,11-13H,7-10H2,1-2H3,(H,25,31)(H,26,27,28). The fourth-order valence-electron chi connectivity index (χ4n) is 3.90. The fourth-order valence-corrected chi connectivity index (χ4v) is 5.04. The average Bonchev–Trinajstić information content (AvgIpc) is 3.38. The van der Waals surface area contributed by atoms with Gasteiger partial charge >= 0.3 is 0 Å². The third-order valence-corrected chi connectivity index (χ3v) is 6.92. The number of hydrogen-bond donors (Lipinski definition) is 2. The normalized spacial score (nSPS) is 15.0. The number of fused-ring (bicyclic) bond motifs is 2. The van der Waals surface area contributed by atoms with Crippen molar-refractivity contribution in [1.29, 1.82) is 0 Å². The van der Waals surface area contributed by atoms with E-state index in [0.29, 0.717) is 53.5 Å². The number of rotatable bonds is 5. The van der Waals surface area contributed by atoms with Crippen LogP contribution in [-0.4, -0.2) is 63.6 Å². The average molecular weight is 499 g/mol. The first-order valence-corrected chi connectivity index (χ1v) is 12.1. The Balaban J connectivity index is 1.32. The molecule has 2 N–H and O–H groups in total. The molecule has 2 aromatic carbocycles. The van der Waals surface area contributed by atoms with E-state index >= 15 is 0 Å². The molecule has 3 heterocycles. The highest BCUT2D eigenvalue weighted by atomic mass is 35.5. The molecular formula is C23H23ClN6O3S. The number of anilines is 2. The number of nitrogens with zero attached hydrogens (tertiary/aromatic N) is 4. The maximum absolute atomic E-state index is 12.8. The van der Waals surface area contributed by atoms with Crippen LogP contribution in [0.3, 0.4) is 0 Å². The lowest BCUT2D eigenvalue weighted by molar-refractivity contribution is -0.136. The van der Waals surface area contributed by atoms with Crippen molar-refractivity contribution in [3.05, 3.63) is 47.0 Å². The lowest BCUT2D eigenvalue weighted by atomic mass is 10.1. The molecule has 1 unspecified atom stereocenters. The number of amides is 2. The third kappa shape index (κ3) is 4.44. The number of carbonyl (C=O) groups excluding carboxylic acids is 2. The molecule has 2 amide bonds. The van der Waals surface area contributed by atoms with Gasteiger partial charge in [0.2, 0.25) is 11.9 Å². The molecule has 0 radical (unpaired) electrons. The maximum atomic E-state index is 12.8. The highest BCUT2D eigenvalue weighted by Crippen LogP contribution is 2.31. The zero-order chi connectivity index (χ0) is 23.8. The minimum atomic E-state index is -0.630. The van der Waals surface area contributed by atoms with Gasteiger partial charge in [-0.2, -0.15) is 0 Å². The Morgan fingerprint density at radius 3 is 2.71 bits per heavy atom. The molecule has 1 aliphatic rings. The molecule has 1 fully saturated rings. The molecule has 1 atom stereocenters. The van der Waals surface area contributed by atoms with Crippen LogP contribution in [0, 0.1) is 0 Å². The molecule has 9 nitrogen and oxygen atoms in total. The van der Waals surface area contributed by atoms with E-state index in [4.69, 9.17) is 16.3 Å². The molecule has 1 saturated heterocycles. The number of ether oxygens (including phenoxy) is 1. The molecule has 0 bridgehead atoms. The molecule has 34 heavy (non-hydrogen) atoms. The summed E-state index contributed by atoms with van der Waals surface area (Å²) in [6.07, 6.45) is 0. The predicted molar refractivity (Wildman–Crippen MR) is 133 cm³/mol. The first-order valence-electron chi connectivity index (χ1n) is 10.9. The summed E-state index contributed by atoms with van der Waals surface area (Å²) in [5.41, 5.74) is 2.82. The second kappa shape index (κ2) is 9.21. The summed E-state index contributed by atoms with van der Waals surface area (Å²) < 4.78 is 8.17. The second-order valence-corrected chi connectivity index (χ2v) is 9.55. The number of hydrogen-bond acceptors (Lipinski definition) is 7. The highest BCUT2D eigenvalue weighted by Gasteiger charge is 2.24. The van der Waals surface area contributed by atoms with E-state index < -0.39 is 6.04 Å². The number of nitrogens with one attached hydrogen (secondary N) is 2. The Bertz CT molecular complexity index is 1390. The predicted octanol–water partition coefficient (Wildman–Crippen LogP) is 3.56. The van der Waals surface area contributed by atoms with Crippen molar-refractivity contribution >= 4 is 67.1 Å². The quantitative estimate of drug-likeness (QED) is 0.436. The third-order valence-electron chi connectivity index (χ3n) is 5.75. The maximum Gasteiger partial charge on any atom is 0.251 e. The molecule has 1 aliphatic heterocycles. The van der Waals surface area contributed by atoms with E-state index in [1.807, 2.05) is 35.9 Å². The summed E-state index contributed by atoms with van der Waals surface area (Å²) in [5, 5.41) is 7.42. The Labute approximate surface area is 204 Å². The molecule has 2 aromatic heterocycles. The van der Waals surface area contributed by atoms with Crippen LogP contribution in [0.4, 0.5) is 11.1 Å². The molecule has 4 aromatic rings. The summed E-state index contributed by atoms with van der Waals surface area (Å²) in [6, 6.07) is 10.2. The summed E-state index contributed by atoms with van der Waals surface area (Å²) in [5.74, 6) is 0.173. The molecule has 5 rings (SSSR count). The van der Waals surface area contributed by atoms with E-state index in [-0.39, 0.29) is 11.8 Å². The van der Waals surface area contributed by atoms with Gasteiger partial charge in [-0.1, -0.05) is 22.9 Å². The summed E-state index contributed by atoms with van der Waals surface area (Å²) in [7, 11) is 1.89. The minimum absolute atomic E-state index is 0.112. The van der Waals surface area contributed by atoms with Crippen molar-refractivity contribution in [3.8, 4) is 0 Å². The van der Waals surface area contributed by atoms with Crippen LogP contribution in [0.2, 0.25) is 5.02 Å². The highest BCUT2D eigenvalue weighted by molar-refractivity contribution is 7.22. The lowest BCUT2D eigenvalue weighted by Gasteiger charge is -2.29. The molecule has 0 saturated carbocycles. The van der Waals surface area contributed by atoms with Crippen LogP contribution in [0.5, 0.6) is 0 Å². The van der Waals surface area contributed by atoms with Crippen molar-refractivity contribution < 1.29 is 14.3 Å². The Kier molecular flexibility index (Phi) is 6.11. The molecule has 0 aliphatic carbocycles. The summed E-state index contributed by atoms with van der Waals surface area (Å²) in [6.45, 7) is 3.81. The van der Waals surface area contributed by atoms with Crippen LogP contribution < -0.4 is 10.6 Å². The van der Waals surface area contributed by atoms with Gasteiger partial charge in [0.25, 0.3) is 5.91 Å². The van der Waals surface area contributed by atoms with E-state index in [2.05, 4.69) is 20.6 Å². The molecule has 11 heteroatoms. The van der Waals surface area contributed by atoms with Gasteiger partial charge in [-0.25, -0.2) is 9.97 Å². The van der Waals surface area contributed by atoms with Crippen molar-refractivity contribution in [1.82, 2.24) is 24.8 Å². The van der Waals surface area contributed by atoms with Gasteiger partial charge in [-0.3, -0.25) is 9.59 Å².